The van der Waals surface area contributed by atoms with Crippen LogP contribution in [0.4, 0.5) is 68.2 Å². The molecule has 4 heteroatoms. The number of anilines is 12. The lowest BCUT2D eigenvalue weighted by molar-refractivity contribution is 1.28. The summed E-state index contributed by atoms with van der Waals surface area (Å²) >= 11 is 0. The first-order chi connectivity index (χ1) is 43.6. The minimum atomic E-state index is 1.08. The zero-order chi connectivity index (χ0) is 58.3. The lowest BCUT2D eigenvalue weighted by Crippen LogP contribution is -2.10. The minimum absolute atomic E-state index is 1.08. The summed E-state index contributed by atoms with van der Waals surface area (Å²) in [5, 5.41) is 14.5. The summed E-state index contributed by atoms with van der Waals surface area (Å²) in [6.07, 6.45) is 0. The van der Waals surface area contributed by atoms with Gasteiger partial charge in [0.1, 0.15) is 0 Å². The van der Waals surface area contributed by atoms with E-state index in [1.807, 2.05) is 0 Å². The Morgan fingerprint density at radius 2 is 0.386 bits per heavy atom. The lowest BCUT2D eigenvalue weighted by Gasteiger charge is -2.27. The van der Waals surface area contributed by atoms with Gasteiger partial charge in [-0.25, -0.2) is 0 Å². The van der Waals surface area contributed by atoms with E-state index in [0.29, 0.717) is 0 Å². The fraction of sp³-hybridized carbons (Fsp3) is 0. The summed E-state index contributed by atoms with van der Waals surface area (Å²) in [6, 6.07) is 128. The van der Waals surface area contributed by atoms with Crippen LogP contribution in [0, 0.1) is 0 Å². The van der Waals surface area contributed by atoms with Crippen molar-refractivity contribution in [1.29, 1.82) is 0 Å². The molecule has 0 bridgehead atoms. The fourth-order valence-electron chi connectivity index (χ4n) is 13.1. The van der Waals surface area contributed by atoms with Crippen LogP contribution in [0.3, 0.4) is 0 Å². The van der Waals surface area contributed by atoms with Crippen molar-refractivity contribution < 1.29 is 0 Å². The zero-order valence-electron chi connectivity index (χ0n) is 48.3. The molecule has 0 aliphatic carbocycles. The Morgan fingerprint density at radius 3 is 0.716 bits per heavy atom. The molecule has 0 aliphatic heterocycles. The SMILES string of the molecule is c1ccc(N(c2ccc(-c3ccc(N(c4ccccc4)c4ccc5c(ccc6cc(N(c7ccccc7)c7cccc8ccccc78)ccc65)c4)cc3)cc2)c2ccc3c(ccc4cc(N(c5ccccc5)c5cccc6ccccc56)ccc43)c2)cc1. The monoisotopic (exact) mass is 1120 g/mol. The Hall–Kier alpha value is -11.7. The van der Waals surface area contributed by atoms with Crippen molar-refractivity contribution in [3.8, 4) is 11.1 Å². The molecule has 0 spiro atoms. The number of hydrogen-bond acceptors (Lipinski definition) is 4. The normalized spacial score (nSPS) is 11.4. The van der Waals surface area contributed by atoms with Gasteiger partial charge in [-0.1, -0.05) is 218 Å². The van der Waals surface area contributed by atoms with E-state index in [1.54, 1.807) is 0 Å². The zero-order valence-corrected chi connectivity index (χ0v) is 48.3. The maximum Gasteiger partial charge on any atom is 0.0540 e. The van der Waals surface area contributed by atoms with Gasteiger partial charge in [-0.15, -0.1) is 0 Å². The smallest absolute Gasteiger partial charge is 0.0540 e. The van der Waals surface area contributed by atoms with Gasteiger partial charge in [0.2, 0.25) is 0 Å². The number of rotatable bonds is 13. The van der Waals surface area contributed by atoms with E-state index in [0.717, 1.165) is 79.4 Å². The van der Waals surface area contributed by atoms with Gasteiger partial charge in [0, 0.05) is 67.6 Å². The molecular formula is C84H58N4. The number of hydrogen-bond donors (Lipinski definition) is 0. The molecule has 0 amide bonds. The third-order valence-corrected chi connectivity index (χ3v) is 17.3. The summed E-state index contributed by atoms with van der Waals surface area (Å²) in [5.74, 6) is 0. The molecule has 88 heavy (non-hydrogen) atoms. The van der Waals surface area contributed by atoms with Gasteiger partial charge in [0.05, 0.1) is 11.4 Å². The molecule has 16 aromatic carbocycles. The van der Waals surface area contributed by atoms with Crippen LogP contribution in [0.2, 0.25) is 0 Å². The predicted molar refractivity (Wildman–Crippen MR) is 376 cm³/mol. The van der Waals surface area contributed by atoms with Gasteiger partial charge in [-0.3, -0.25) is 0 Å². The Labute approximate surface area is 512 Å². The second-order valence-corrected chi connectivity index (χ2v) is 22.5. The highest BCUT2D eigenvalue weighted by atomic mass is 15.2. The highest BCUT2D eigenvalue weighted by molar-refractivity contribution is 6.12. The molecule has 0 fully saturated rings. The number of benzene rings is 16. The lowest BCUT2D eigenvalue weighted by atomic mass is 9.99. The molecule has 16 rings (SSSR count). The summed E-state index contributed by atoms with van der Waals surface area (Å²) in [7, 11) is 0. The minimum Gasteiger partial charge on any atom is -0.310 e. The van der Waals surface area contributed by atoms with E-state index in [1.165, 1.54) is 64.6 Å². The van der Waals surface area contributed by atoms with Gasteiger partial charge < -0.3 is 19.6 Å². The largest absolute Gasteiger partial charge is 0.310 e. The maximum atomic E-state index is 2.38. The molecule has 0 saturated heterocycles. The number of fused-ring (bicyclic) bond motifs is 8. The molecule has 0 N–H and O–H groups in total. The Kier molecular flexibility index (Phi) is 13.2. The number of nitrogens with zero attached hydrogens (tertiary/aromatic N) is 4. The van der Waals surface area contributed by atoms with Crippen molar-refractivity contribution in [2.45, 2.75) is 0 Å². The van der Waals surface area contributed by atoms with Gasteiger partial charge >= 0.3 is 0 Å². The van der Waals surface area contributed by atoms with E-state index >= 15 is 0 Å². The van der Waals surface area contributed by atoms with Crippen LogP contribution in [0.5, 0.6) is 0 Å². The Morgan fingerprint density at radius 1 is 0.136 bits per heavy atom. The van der Waals surface area contributed by atoms with Crippen molar-refractivity contribution >= 4 is 133 Å². The van der Waals surface area contributed by atoms with Gasteiger partial charge in [0.25, 0.3) is 0 Å². The van der Waals surface area contributed by atoms with Gasteiger partial charge in [0.15, 0.2) is 0 Å². The third kappa shape index (κ3) is 9.56. The van der Waals surface area contributed by atoms with Crippen molar-refractivity contribution in [3.05, 3.63) is 352 Å². The van der Waals surface area contributed by atoms with E-state index in [4.69, 9.17) is 0 Å². The maximum absolute atomic E-state index is 2.38. The van der Waals surface area contributed by atoms with Crippen LogP contribution in [0.15, 0.2) is 352 Å². The Balaban J connectivity index is 0.691. The summed E-state index contributed by atoms with van der Waals surface area (Å²) < 4.78 is 0. The molecule has 414 valence electrons. The van der Waals surface area contributed by atoms with E-state index in [2.05, 4.69) is 371 Å². The molecule has 0 atom stereocenters. The molecule has 0 saturated carbocycles. The van der Waals surface area contributed by atoms with Gasteiger partial charge in [-0.05, 0) is 198 Å². The van der Waals surface area contributed by atoms with Crippen LogP contribution in [0.1, 0.15) is 0 Å². The predicted octanol–water partition coefficient (Wildman–Crippen LogP) is 24.2. The molecule has 0 aliphatic rings. The van der Waals surface area contributed by atoms with Crippen LogP contribution in [0.25, 0.3) is 75.8 Å². The van der Waals surface area contributed by atoms with Crippen molar-refractivity contribution in [2.24, 2.45) is 0 Å². The topological polar surface area (TPSA) is 13.0 Å². The average molecular weight is 1120 g/mol. The molecule has 4 nitrogen and oxygen atoms in total. The molecule has 0 heterocycles. The van der Waals surface area contributed by atoms with Crippen LogP contribution in [-0.2, 0) is 0 Å². The average Bonchev–Trinajstić information content (AvgIpc) is 1.23. The third-order valence-electron chi connectivity index (χ3n) is 17.3. The van der Waals surface area contributed by atoms with Crippen LogP contribution in [-0.4, -0.2) is 0 Å². The molecular weight excluding hydrogens is 1060 g/mol. The first-order valence-electron chi connectivity index (χ1n) is 30.1. The molecule has 0 unspecified atom stereocenters. The highest BCUT2D eigenvalue weighted by Gasteiger charge is 2.21. The summed E-state index contributed by atoms with van der Waals surface area (Å²) in [6.45, 7) is 0. The standard InChI is InChI=1S/C84H58N4/c1-5-23-67(24-6-1)85(73-47-51-77-63(55-73)35-37-65-57-75(49-53-79(65)77)87(69-27-9-3-10-28-69)83-33-17-21-61-19-13-15-31-81(61)83)71-43-39-59(40-44-71)60-41-45-72(46-42-60)86(68-25-7-2-8-26-68)74-48-52-78-64(56-74)36-38-66-58-76(50-54-80(66)78)88(70-29-11-4-12-30-70)84-34-18-22-62-20-14-16-32-82(62)84/h1-58H. The highest BCUT2D eigenvalue weighted by Crippen LogP contribution is 2.45. The van der Waals surface area contributed by atoms with E-state index < -0.39 is 0 Å². The van der Waals surface area contributed by atoms with Crippen molar-refractivity contribution in [1.82, 2.24) is 0 Å². The first kappa shape index (κ1) is 51.9. The molecule has 0 aromatic heterocycles. The second-order valence-electron chi connectivity index (χ2n) is 22.5. The van der Waals surface area contributed by atoms with E-state index in [9.17, 15) is 0 Å². The van der Waals surface area contributed by atoms with Crippen molar-refractivity contribution in [3.63, 3.8) is 0 Å². The van der Waals surface area contributed by atoms with Gasteiger partial charge in [-0.2, -0.15) is 0 Å². The summed E-state index contributed by atoms with van der Waals surface area (Å²) in [4.78, 5) is 9.47. The number of para-hydroxylation sites is 4. The van der Waals surface area contributed by atoms with E-state index in [-0.39, 0.29) is 0 Å². The fourth-order valence-corrected chi connectivity index (χ4v) is 13.1. The second kappa shape index (κ2) is 22.4. The Bertz CT molecular complexity index is 4870. The molecule has 16 aromatic rings. The summed E-state index contributed by atoms with van der Waals surface area (Å²) in [5.41, 5.74) is 15.6. The first-order valence-corrected chi connectivity index (χ1v) is 30.1. The van der Waals surface area contributed by atoms with Crippen LogP contribution < -0.4 is 19.6 Å². The molecule has 0 radical (unpaired) electrons. The van der Waals surface area contributed by atoms with Crippen LogP contribution >= 0.6 is 0 Å². The van der Waals surface area contributed by atoms with Crippen molar-refractivity contribution in [2.75, 3.05) is 19.6 Å². The quantitative estimate of drug-likeness (QED) is 0.107.